The summed E-state index contributed by atoms with van der Waals surface area (Å²) in [5.41, 5.74) is 5.71. The third-order valence-corrected chi connectivity index (χ3v) is 6.32. The van der Waals surface area contributed by atoms with Gasteiger partial charge in [-0.25, -0.2) is 13.4 Å². The number of amides is 1. The van der Waals surface area contributed by atoms with Crippen molar-refractivity contribution in [3.8, 4) is 0 Å². The van der Waals surface area contributed by atoms with Crippen molar-refractivity contribution >= 4 is 49.7 Å². The molecule has 0 spiro atoms. The standard InChI is InChI=1S/C22H21N3O3S2/c1-14(26)23-22-24-20-11-10-16-7-3-4-9-18(16)19(21(20)29-22)13-15-6-5-8-17(12-15)25-30(2,27)28/h3-9,12-13,25H,10-11H2,1-2H3,(H,23,24,26). The minimum Gasteiger partial charge on any atom is -0.302 e. The van der Waals surface area contributed by atoms with Gasteiger partial charge in [0.2, 0.25) is 15.9 Å². The highest BCUT2D eigenvalue weighted by atomic mass is 32.2. The van der Waals surface area contributed by atoms with Crippen LogP contribution in [0.3, 0.4) is 0 Å². The van der Waals surface area contributed by atoms with E-state index >= 15 is 0 Å². The predicted octanol–water partition coefficient (Wildman–Crippen LogP) is 4.16. The summed E-state index contributed by atoms with van der Waals surface area (Å²) in [6, 6.07) is 15.5. The summed E-state index contributed by atoms with van der Waals surface area (Å²) >= 11 is 1.46. The number of nitrogens with one attached hydrogen (secondary N) is 2. The first kappa shape index (κ1) is 20.3. The van der Waals surface area contributed by atoms with E-state index in [1.54, 1.807) is 12.1 Å². The van der Waals surface area contributed by atoms with Crippen LogP contribution in [-0.2, 0) is 27.7 Å². The number of nitrogens with zero attached hydrogens (tertiary/aromatic N) is 1. The Morgan fingerprint density at radius 3 is 2.70 bits per heavy atom. The van der Waals surface area contributed by atoms with Crippen LogP contribution in [0, 0.1) is 0 Å². The number of carbonyl (C=O) groups excluding carboxylic acids is 1. The lowest BCUT2D eigenvalue weighted by Gasteiger charge is -2.10. The maximum atomic E-state index is 11.6. The van der Waals surface area contributed by atoms with Crippen LogP contribution in [0.1, 0.15) is 34.2 Å². The minimum absolute atomic E-state index is 0.149. The first-order valence-electron chi connectivity index (χ1n) is 9.44. The van der Waals surface area contributed by atoms with E-state index in [4.69, 9.17) is 0 Å². The molecule has 0 saturated heterocycles. The second-order valence-electron chi connectivity index (χ2n) is 7.19. The molecular weight excluding hydrogens is 418 g/mol. The van der Waals surface area contributed by atoms with Gasteiger partial charge >= 0.3 is 0 Å². The van der Waals surface area contributed by atoms with Crippen molar-refractivity contribution in [3.05, 3.63) is 75.8 Å². The van der Waals surface area contributed by atoms with E-state index in [1.165, 1.54) is 23.8 Å². The average molecular weight is 440 g/mol. The van der Waals surface area contributed by atoms with Crippen molar-refractivity contribution in [2.75, 3.05) is 16.3 Å². The smallest absolute Gasteiger partial charge is 0.229 e. The molecule has 2 aromatic carbocycles. The zero-order chi connectivity index (χ0) is 21.3. The number of thiazole rings is 1. The summed E-state index contributed by atoms with van der Waals surface area (Å²) in [4.78, 5) is 17.2. The van der Waals surface area contributed by atoms with Crippen LogP contribution in [0.2, 0.25) is 0 Å². The van der Waals surface area contributed by atoms with Gasteiger partial charge in [0.25, 0.3) is 0 Å². The molecule has 1 aliphatic carbocycles. The maximum absolute atomic E-state index is 11.6. The minimum atomic E-state index is -3.36. The number of anilines is 2. The van der Waals surface area contributed by atoms with Gasteiger partial charge in [0, 0.05) is 18.2 Å². The van der Waals surface area contributed by atoms with Crippen LogP contribution in [0.5, 0.6) is 0 Å². The third kappa shape index (κ3) is 4.60. The van der Waals surface area contributed by atoms with Crippen molar-refractivity contribution in [3.63, 3.8) is 0 Å². The molecule has 0 unspecified atom stereocenters. The number of hydrogen-bond acceptors (Lipinski definition) is 5. The van der Waals surface area contributed by atoms with Gasteiger partial charge in [0.05, 0.1) is 16.8 Å². The fraction of sp³-hybridized carbons (Fsp3) is 0.182. The topological polar surface area (TPSA) is 88.2 Å². The molecule has 1 amide bonds. The molecule has 154 valence electrons. The summed E-state index contributed by atoms with van der Waals surface area (Å²) in [5, 5.41) is 3.38. The predicted molar refractivity (Wildman–Crippen MR) is 122 cm³/mol. The molecule has 0 fully saturated rings. The van der Waals surface area contributed by atoms with Gasteiger partial charge in [-0.05, 0) is 47.7 Å². The molecule has 1 aliphatic rings. The quantitative estimate of drug-likeness (QED) is 0.639. The highest BCUT2D eigenvalue weighted by Crippen LogP contribution is 2.39. The SMILES string of the molecule is CC(=O)Nc1nc2c(s1)C(=Cc1cccc(NS(C)(=O)=O)c1)c1ccccc1CC2. The molecule has 30 heavy (non-hydrogen) atoms. The van der Waals surface area contributed by atoms with E-state index in [0.29, 0.717) is 10.8 Å². The average Bonchev–Trinajstić information content (AvgIpc) is 2.99. The Hall–Kier alpha value is -2.97. The lowest BCUT2D eigenvalue weighted by atomic mass is 9.97. The molecule has 0 aliphatic heterocycles. The van der Waals surface area contributed by atoms with Gasteiger partial charge in [0.15, 0.2) is 5.13 Å². The summed E-state index contributed by atoms with van der Waals surface area (Å²) in [6.07, 6.45) is 4.83. The molecule has 0 bridgehead atoms. The fourth-order valence-electron chi connectivity index (χ4n) is 3.53. The zero-order valence-corrected chi connectivity index (χ0v) is 18.2. The Kier molecular flexibility index (Phi) is 5.44. The van der Waals surface area contributed by atoms with Gasteiger partial charge in [0.1, 0.15) is 0 Å². The Labute approximate surface area is 179 Å². The molecule has 8 heteroatoms. The summed E-state index contributed by atoms with van der Waals surface area (Å²) in [7, 11) is -3.36. The summed E-state index contributed by atoms with van der Waals surface area (Å²) in [5.74, 6) is -0.149. The van der Waals surface area contributed by atoms with Crippen molar-refractivity contribution in [1.29, 1.82) is 0 Å². The highest BCUT2D eigenvalue weighted by molar-refractivity contribution is 7.92. The second kappa shape index (κ2) is 8.04. The first-order valence-corrected chi connectivity index (χ1v) is 12.1. The highest BCUT2D eigenvalue weighted by Gasteiger charge is 2.22. The molecule has 1 aromatic heterocycles. The van der Waals surface area contributed by atoms with Gasteiger partial charge in [-0.3, -0.25) is 9.52 Å². The first-order chi connectivity index (χ1) is 14.3. The van der Waals surface area contributed by atoms with Crippen LogP contribution in [0.15, 0.2) is 48.5 Å². The van der Waals surface area contributed by atoms with Crippen LogP contribution in [0.4, 0.5) is 10.8 Å². The third-order valence-electron chi connectivity index (χ3n) is 4.66. The molecular formula is C22H21N3O3S2. The van der Waals surface area contributed by atoms with Crippen LogP contribution < -0.4 is 10.0 Å². The Bertz CT molecular complexity index is 1260. The summed E-state index contributed by atoms with van der Waals surface area (Å²) < 4.78 is 25.7. The lowest BCUT2D eigenvalue weighted by molar-refractivity contribution is -0.114. The number of carbonyl (C=O) groups is 1. The van der Waals surface area contributed by atoms with Crippen molar-refractivity contribution < 1.29 is 13.2 Å². The molecule has 1 heterocycles. The summed E-state index contributed by atoms with van der Waals surface area (Å²) in [6.45, 7) is 1.47. The largest absolute Gasteiger partial charge is 0.302 e. The van der Waals surface area contributed by atoms with Crippen LogP contribution in [-0.4, -0.2) is 25.6 Å². The van der Waals surface area contributed by atoms with E-state index in [9.17, 15) is 13.2 Å². The lowest BCUT2D eigenvalue weighted by Crippen LogP contribution is -2.09. The Morgan fingerprint density at radius 2 is 1.93 bits per heavy atom. The van der Waals surface area contributed by atoms with E-state index < -0.39 is 10.0 Å². The van der Waals surface area contributed by atoms with Gasteiger partial charge in [-0.2, -0.15) is 0 Å². The molecule has 4 rings (SSSR count). The molecule has 0 saturated carbocycles. The Morgan fingerprint density at radius 1 is 1.13 bits per heavy atom. The van der Waals surface area contributed by atoms with Crippen molar-refractivity contribution in [2.45, 2.75) is 19.8 Å². The van der Waals surface area contributed by atoms with E-state index in [1.807, 2.05) is 30.3 Å². The molecule has 6 nitrogen and oxygen atoms in total. The van der Waals surface area contributed by atoms with E-state index in [-0.39, 0.29) is 5.91 Å². The monoisotopic (exact) mass is 439 g/mol. The number of rotatable bonds is 4. The number of aryl methyl sites for hydroxylation is 2. The van der Waals surface area contributed by atoms with Crippen molar-refractivity contribution in [2.24, 2.45) is 0 Å². The molecule has 0 atom stereocenters. The van der Waals surface area contributed by atoms with E-state index in [2.05, 4.69) is 27.2 Å². The number of hydrogen-bond donors (Lipinski definition) is 2. The number of fused-ring (bicyclic) bond motifs is 2. The molecule has 0 radical (unpaired) electrons. The van der Waals surface area contributed by atoms with Gasteiger partial charge in [-0.15, -0.1) is 0 Å². The molecule has 2 N–H and O–H groups in total. The van der Waals surface area contributed by atoms with Gasteiger partial charge < -0.3 is 5.32 Å². The normalized spacial score (nSPS) is 14.5. The zero-order valence-electron chi connectivity index (χ0n) is 16.6. The molecule has 3 aromatic rings. The van der Waals surface area contributed by atoms with E-state index in [0.717, 1.165) is 46.4 Å². The number of aromatic nitrogens is 1. The number of benzene rings is 2. The number of sulfonamides is 1. The Balaban J connectivity index is 1.85. The van der Waals surface area contributed by atoms with Crippen LogP contribution in [0.25, 0.3) is 11.6 Å². The second-order valence-corrected chi connectivity index (χ2v) is 9.94. The van der Waals surface area contributed by atoms with Gasteiger partial charge in [-0.1, -0.05) is 47.7 Å². The van der Waals surface area contributed by atoms with Crippen molar-refractivity contribution in [1.82, 2.24) is 4.98 Å². The maximum Gasteiger partial charge on any atom is 0.229 e. The fourth-order valence-corrected chi connectivity index (χ4v) is 5.17. The van der Waals surface area contributed by atoms with Crippen LogP contribution >= 0.6 is 11.3 Å².